The molecule has 0 aromatic carbocycles. The first-order valence-corrected chi connectivity index (χ1v) is 7.50. The standard InChI is InChI=1S/C15H23N5O2/c1-15(2,3)22-14(21)19-7-4-18(5-8-19)6-9-20-12-13(10-16)11-17-20/h11-12H,4-9H2,1-3H3. The lowest BCUT2D eigenvalue weighted by molar-refractivity contribution is 0.0142. The molecule has 1 aliphatic heterocycles. The number of ether oxygens (including phenoxy) is 1. The topological polar surface area (TPSA) is 74.4 Å². The molecule has 1 aromatic rings. The second-order valence-electron chi connectivity index (χ2n) is 6.41. The number of rotatable bonds is 3. The van der Waals surface area contributed by atoms with Gasteiger partial charge in [0.1, 0.15) is 11.7 Å². The number of amides is 1. The summed E-state index contributed by atoms with van der Waals surface area (Å²) in [6, 6.07) is 2.07. The minimum Gasteiger partial charge on any atom is -0.444 e. The number of piperazine rings is 1. The van der Waals surface area contributed by atoms with Crippen molar-refractivity contribution in [3.63, 3.8) is 0 Å². The van der Waals surface area contributed by atoms with Gasteiger partial charge < -0.3 is 9.64 Å². The minimum absolute atomic E-state index is 0.238. The van der Waals surface area contributed by atoms with Gasteiger partial charge in [0.25, 0.3) is 0 Å². The molecule has 1 aromatic heterocycles. The lowest BCUT2D eigenvalue weighted by Crippen LogP contribution is -2.50. The number of carbonyl (C=O) groups excluding carboxylic acids is 1. The van der Waals surface area contributed by atoms with Gasteiger partial charge in [0.15, 0.2) is 0 Å². The molecule has 1 saturated heterocycles. The Hall–Kier alpha value is -2.07. The van der Waals surface area contributed by atoms with Crippen LogP contribution in [0.4, 0.5) is 4.79 Å². The molecule has 7 heteroatoms. The van der Waals surface area contributed by atoms with Crippen molar-refractivity contribution in [2.75, 3.05) is 32.7 Å². The summed E-state index contributed by atoms with van der Waals surface area (Å²) in [4.78, 5) is 16.0. The van der Waals surface area contributed by atoms with E-state index in [2.05, 4.69) is 16.1 Å². The molecule has 120 valence electrons. The van der Waals surface area contributed by atoms with Crippen molar-refractivity contribution >= 4 is 6.09 Å². The van der Waals surface area contributed by atoms with Crippen LogP contribution in [0.5, 0.6) is 0 Å². The maximum Gasteiger partial charge on any atom is 0.410 e. The average Bonchev–Trinajstić information content (AvgIpc) is 2.92. The first-order chi connectivity index (χ1) is 10.4. The molecule has 0 spiro atoms. The molecule has 1 amide bonds. The Morgan fingerprint density at radius 3 is 2.55 bits per heavy atom. The van der Waals surface area contributed by atoms with Crippen LogP contribution in [0.3, 0.4) is 0 Å². The lowest BCUT2D eigenvalue weighted by atomic mass is 10.2. The van der Waals surface area contributed by atoms with Crippen LogP contribution in [0.2, 0.25) is 0 Å². The molecule has 1 aliphatic rings. The molecule has 0 saturated carbocycles. The normalized spacial score (nSPS) is 16.4. The predicted octanol–water partition coefficient (Wildman–Crippen LogP) is 1.31. The van der Waals surface area contributed by atoms with Gasteiger partial charge in [-0.1, -0.05) is 0 Å². The first-order valence-electron chi connectivity index (χ1n) is 7.50. The van der Waals surface area contributed by atoms with Gasteiger partial charge in [0.2, 0.25) is 0 Å². The highest BCUT2D eigenvalue weighted by Gasteiger charge is 2.25. The molecular formula is C15H23N5O2. The van der Waals surface area contributed by atoms with Gasteiger partial charge in [-0.2, -0.15) is 10.4 Å². The van der Waals surface area contributed by atoms with Gasteiger partial charge in [-0.25, -0.2) is 4.79 Å². The van der Waals surface area contributed by atoms with Gasteiger partial charge in [-0.05, 0) is 20.8 Å². The van der Waals surface area contributed by atoms with Crippen molar-refractivity contribution in [3.8, 4) is 6.07 Å². The maximum atomic E-state index is 12.0. The smallest absolute Gasteiger partial charge is 0.410 e. The molecule has 0 aliphatic carbocycles. The summed E-state index contributed by atoms with van der Waals surface area (Å²) < 4.78 is 7.16. The third-order valence-corrected chi connectivity index (χ3v) is 3.43. The van der Waals surface area contributed by atoms with Crippen molar-refractivity contribution in [1.29, 1.82) is 5.26 Å². The van der Waals surface area contributed by atoms with E-state index in [1.165, 1.54) is 0 Å². The van der Waals surface area contributed by atoms with E-state index in [0.717, 1.165) is 26.2 Å². The van der Waals surface area contributed by atoms with E-state index >= 15 is 0 Å². The van der Waals surface area contributed by atoms with E-state index in [1.54, 1.807) is 22.0 Å². The quantitative estimate of drug-likeness (QED) is 0.841. The predicted molar refractivity (Wildman–Crippen MR) is 81.2 cm³/mol. The average molecular weight is 305 g/mol. The van der Waals surface area contributed by atoms with Gasteiger partial charge in [0.05, 0.1) is 18.3 Å². The van der Waals surface area contributed by atoms with Gasteiger partial charge in [-0.3, -0.25) is 9.58 Å². The number of carbonyl (C=O) groups is 1. The van der Waals surface area contributed by atoms with Crippen LogP contribution in [0.1, 0.15) is 26.3 Å². The van der Waals surface area contributed by atoms with Gasteiger partial charge in [-0.15, -0.1) is 0 Å². The molecule has 0 unspecified atom stereocenters. The van der Waals surface area contributed by atoms with Crippen LogP contribution in [-0.2, 0) is 11.3 Å². The summed E-state index contributed by atoms with van der Waals surface area (Å²) >= 11 is 0. The summed E-state index contributed by atoms with van der Waals surface area (Å²) in [5.74, 6) is 0. The fourth-order valence-corrected chi connectivity index (χ4v) is 2.27. The van der Waals surface area contributed by atoms with Crippen molar-refractivity contribution in [3.05, 3.63) is 18.0 Å². The van der Waals surface area contributed by atoms with Crippen LogP contribution in [0.25, 0.3) is 0 Å². The number of aromatic nitrogens is 2. The third kappa shape index (κ3) is 4.74. The Balaban J connectivity index is 1.73. The monoisotopic (exact) mass is 305 g/mol. The summed E-state index contributed by atoms with van der Waals surface area (Å²) in [5, 5.41) is 12.9. The van der Waals surface area contributed by atoms with Crippen molar-refractivity contribution in [2.45, 2.75) is 32.9 Å². The van der Waals surface area contributed by atoms with Crippen LogP contribution in [-0.4, -0.2) is 64.0 Å². The summed E-state index contributed by atoms with van der Waals surface area (Å²) in [5.41, 5.74) is 0.127. The third-order valence-electron chi connectivity index (χ3n) is 3.43. The largest absolute Gasteiger partial charge is 0.444 e. The lowest BCUT2D eigenvalue weighted by Gasteiger charge is -2.35. The minimum atomic E-state index is -0.452. The van der Waals surface area contributed by atoms with Crippen molar-refractivity contribution < 1.29 is 9.53 Å². The Morgan fingerprint density at radius 2 is 2.00 bits per heavy atom. The fourth-order valence-electron chi connectivity index (χ4n) is 2.27. The zero-order chi connectivity index (χ0) is 16.2. The van der Waals surface area contributed by atoms with E-state index in [0.29, 0.717) is 18.7 Å². The molecule has 7 nitrogen and oxygen atoms in total. The Labute approximate surface area is 131 Å². The molecule has 0 N–H and O–H groups in total. The Kier molecular flexibility index (Phi) is 5.03. The second kappa shape index (κ2) is 6.79. The molecule has 22 heavy (non-hydrogen) atoms. The van der Waals surface area contributed by atoms with Crippen LogP contribution in [0.15, 0.2) is 12.4 Å². The maximum absolute atomic E-state index is 12.0. The highest BCUT2D eigenvalue weighted by Crippen LogP contribution is 2.11. The number of nitrogens with zero attached hydrogens (tertiary/aromatic N) is 5. The van der Waals surface area contributed by atoms with Gasteiger partial charge >= 0.3 is 6.09 Å². The zero-order valence-electron chi connectivity index (χ0n) is 13.4. The zero-order valence-corrected chi connectivity index (χ0v) is 13.4. The molecular weight excluding hydrogens is 282 g/mol. The van der Waals surface area contributed by atoms with Crippen LogP contribution >= 0.6 is 0 Å². The van der Waals surface area contributed by atoms with E-state index in [-0.39, 0.29) is 6.09 Å². The summed E-state index contributed by atoms with van der Waals surface area (Å²) in [6.45, 7) is 10.2. The van der Waals surface area contributed by atoms with E-state index in [4.69, 9.17) is 10.00 Å². The van der Waals surface area contributed by atoms with Crippen molar-refractivity contribution in [1.82, 2.24) is 19.6 Å². The molecule has 0 atom stereocenters. The SMILES string of the molecule is CC(C)(C)OC(=O)N1CCN(CCn2cc(C#N)cn2)CC1. The highest BCUT2D eigenvalue weighted by molar-refractivity contribution is 5.68. The Bertz CT molecular complexity index is 547. The molecule has 1 fully saturated rings. The van der Waals surface area contributed by atoms with Crippen LogP contribution < -0.4 is 0 Å². The summed E-state index contributed by atoms with van der Waals surface area (Å²) in [6.07, 6.45) is 3.08. The number of hydrogen-bond donors (Lipinski definition) is 0. The Morgan fingerprint density at radius 1 is 1.32 bits per heavy atom. The highest BCUT2D eigenvalue weighted by atomic mass is 16.6. The van der Waals surface area contributed by atoms with E-state index in [1.807, 2.05) is 20.8 Å². The molecule has 0 bridgehead atoms. The number of nitriles is 1. The molecule has 2 rings (SSSR count). The van der Waals surface area contributed by atoms with Crippen molar-refractivity contribution in [2.24, 2.45) is 0 Å². The second-order valence-corrected chi connectivity index (χ2v) is 6.41. The van der Waals surface area contributed by atoms with Crippen LogP contribution in [0, 0.1) is 11.3 Å². The first kappa shape index (κ1) is 16.3. The molecule has 0 radical (unpaired) electrons. The fraction of sp³-hybridized carbons (Fsp3) is 0.667. The van der Waals surface area contributed by atoms with E-state index in [9.17, 15) is 4.79 Å². The van der Waals surface area contributed by atoms with Gasteiger partial charge in [0, 0.05) is 38.9 Å². The summed E-state index contributed by atoms with van der Waals surface area (Å²) in [7, 11) is 0. The van der Waals surface area contributed by atoms with E-state index < -0.39 is 5.60 Å². The molecule has 2 heterocycles. The number of hydrogen-bond acceptors (Lipinski definition) is 5.